The highest BCUT2D eigenvalue weighted by atomic mass is 16.5. The Bertz CT molecular complexity index is 473. The minimum Gasteiger partial charge on any atom is -0.469 e. The molecule has 1 unspecified atom stereocenters. The highest BCUT2D eigenvalue weighted by molar-refractivity contribution is 5.86. The van der Waals surface area contributed by atoms with E-state index in [1.165, 1.54) is 7.11 Å². The van der Waals surface area contributed by atoms with E-state index in [1.807, 2.05) is 18.2 Å². The number of para-hydroxylation sites is 1. The van der Waals surface area contributed by atoms with Gasteiger partial charge in [-0.05, 0) is 11.6 Å². The van der Waals surface area contributed by atoms with E-state index in [2.05, 4.69) is 4.74 Å². The summed E-state index contributed by atoms with van der Waals surface area (Å²) >= 11 is 0. The second-order valence-corrected chi connectivity index (χ2v) is 4.40. The minimum atomic E-state index is -0.354. The zero-order valence-electron chi connectivity index (χ0n) is 10.3. The van der Waals surface area contributed by atoms with Crippen molar-refractivity contribution in [2.75, 3.05) is 19.4 Å². The fourth-order valence-electron chi connectivity index (χ4n) is 2.13. The topological polar surface area (TPSA) is 72.6 Å². The number of esters is 1. The average molecular weight is 248 g/mol. The van der Waals surface area contributed by atoms with Gasteiger partial charge in [-0.15, -0.1) is 0 Å². The van der Waals surface area contributed by atoms with Crippen molar-refractivity contribution in [1.82, 2.24) is 4.90 Å². The first-order valence-electron chi connectivity index (χ1n) is 5.80. The molecule has 1 aliphatic rings. The molecule has 0 aliphatic carbocycles. The molecular formula is C13H16N2O3. The lowest BCUT2D eigenvalue weighted by atomic mass is 10.1. The highest BCUT2D eigenvalue weighted by Gasteiger charge is 2.34. The standard InChI is InChI=1S/C13H16N2O3/c1-18-13(17)10-6-12(16)15(8-10)7-9-4-2-3-5-11(9)14/h2-5,10H,6-8,14H2,1H3. The van der Waals surface area contributed by atoms with Gasteiger partial charge in [0.1, 0.15) is 0 Å². The van der Waals surface area contributed by atoms with Crippen LogP contribution in [0, 0.1) is 5.92 Å². The monoisotopic (exact) mass is 248 g/mol. The van der Waals surface area contributed by atoms with E-state index in [0.717, 1.165) is 5.56 Å². The minimum absolute atomic E-state index is 0.0337. The quantitative estimate of drug-likeness (QED) is 0.634. The molecule has 5 heteroatoms. The molecule has 18 heavy (non-hydrogen) atoms. The van der Waals surface area contributed by atoms with E-state index < -0.39 is 0 Å². The Morgan fingerprint density at radius 1 is 1.50 bits per heavy atom. The summed E-state index contributed by atoms with van der Waals surface area (Å²) in [6.45, 7) is 0.846. The SMILES string of the molecule is COC(=O)C1CC(=O)N(Cc2ccccc2N)C1. The molecule has 2 N–H and O–H groups in total. The molecule has 1 aromatic rings. The van der Waals surface area contributed by atoms with Crippen molar-refractivity contribution in [1.29, 1.82) is 0 Å². The summed E-state index contributed by atoms with van der Waals surface area (Å²) < 4.78 is 4.66. The van der Waals surface area contributed by atoms with Crippen LogP contribution < -0.4 is 5.73 Å². The fourth-order valence-corrected chi connectivity index (χ4v) is 2.13. The number of ether oxygens (including phenoxy) is 1. The van der Waals surface area contributed by atoms with Crippen LogP contribution in [0.4, 0.5) is 5.69 Å². The van der Waals surface area contributed by atoms with Gasteiger partial charge < -0.3 is 15.4 Å². The van der Waals surface area contributed by atoms with Crippen LogP contribution >= 0.6 is 0 Å². The number of hydrogen-bond acceptors (Lipinski definition) is 4. The molecule has 0 radical (unpaired) electrons. The third-order valence-electron chi connectivity index (χ3n) is 3.17. The highest BCUT2D eigenvalue weighted by Crippen LogP contribution is 2.22. The van der Waals surface area contributed by atoms with Crippen LogP contribution in [0.3, 0.4) is 0 Å². The summed E-state index contributed by atoms with van der Waals surface area (Å²) in [5, 5.41) is 0. The molecule has 1 atom stereocenters. The van der Waals surface area contributed by atoms with Crippen molar-refractivity contribution in [3.8, 4) is 0 Å². The van der Waals surface area contributed by atoms with Crippen LogP contribution in [-0.4, -0.2) is 30.4 Å². The van der Waals surface area contributed by atoms with E-state index in [9.17, 15) is 9.59 Å². The number of carbonyl (C=O) groups excluding carboxylic acids is 2. The van der Waals surface area contributed by atoms with Crippen LogP contribution in [0.15, 0.2) is 24.3 Å². The number of anilines is 1. The normalized spacial score (nSPS) is 19.1. The van der Waals surface area contributed by atoms with E-state index in [1.54, 1.807) is 11.0 Å². The maximum atomic E-state index is 11.8. The molecule has 0 spiro atoms. The van der Waals surface area contributed by atoms with Crippen molar-refractivity contribution in [3.05, 3.63) is 29.8 Å². The Hall–Kier alpha value is -2.04. The number of nitrogens with two attached hydrogens (primary N) is 1. The predicted molar refractivity (Wildman–Crippen MR) is 66.4 cm³/mol. The molecule has 0 saturated carbocycles. The van der Waals surface area contributed by atoms with Crippen LogP contribution in [0.5, 0.6) is 0 Å². The number of benzene rings is 1. The molecule has 1 aromatic carbocycles. The van der Waals surface area contributed by atoms with Gasteiger partial charge >= 0.3 is 5.97 Å². The van der Waals surface area contributed by atoms with E-state index in [4.69, 9.17) is 5.73 Å². The Balaban J connectivity index is 2.05. The summed E-state index contributed by atoms with van der Waals surface area (Å²) in [7, 11) is 1.34. The predicted octanol–water partition coefficient (Wildman–Crippen LogP) is 0.790. The van der Waals surface area contributed by atoms with Gasteiger partial charge in [-0.3, -0.25) is 9.59 Å². The van der Waals surface area contributed by atoms with Gasteiger partial charge in [0, 0.05) is 25.2 Å². The number of rotatable bonds is 3. The number of likely N-dealkylation sites (tertiary alicyclic amines) is 1. The van der Waals surface area contributed by atoms with Gasteiger partial charge in [-0.2, -0.15) is 0 Å². The first-order valence-corrected chi connectivity index (χ1v) is 5.80. The molecule has 0 bridgehead atoms. The molecule has 1 amide bonds. The molecule has 1 aliphatic heterocycles. The average Bonchev–Trinajstić information content (AvgIpc) is 2.73. The van der Waals surface area contributed by atoms with Gasteiger partial charge in [-0.1, -0.05) is 18.2 Å². The largest absolute Gasteiger partial charge is 0.469 e. The number of nitrogen functional groups attached to an aromatic ring is 1. The van der Waals surface area contributed by atoms with E-state index in [-0.39, 0.29) is 24.2 Å². The molecular weight excluding hydrogens is 232 g/mol. The van der Waals surface area contributed by atoms with Crippen LogP contribution in [0.1, 0.15) is 12.0 Å². The number of amides is 1. The van der Waals surface area contributed by atoms with E-state index >= 15 is 0 Å². The van der Waals surface area contributed by atoms with Crippen molar-refractivity contribution in [2.24, 2.45) is 5.92 Å². The molecule has 1 saturated heterocycles. The van der Waals surface area contributed by atoms with Crippen molar-refractivity contribution in [2.45, 2.75) is 13.0 Å². The third kappa shape index (κ3) is 2.45. The van der Waals surface area contributed by atoms with Crippen LogP contribution in [0.2, 0.25) is 0 Å². The second-order valence-electron chi connectivity index (χ2n) is 4.40. The molecule has 0 aromatic heterocycles. The summed E-state index contributed by atoms with van der Waals surface area (Å²) in [6, 6.07) is 7.41. The van der Waals surface area contributed by atoms with Gasteiger partial charge in [0.05, 0.1) is 13.0 Å². The summed E-state index contributed by atoms with van der Waals surface area (Å²) in [5.41, 5.74) is 7.39. The van der Waals surface area contributed by atoms with Gasteiger partial charge in [0.15, 0.2) is 0 Å². The zero-order chi connectivity index (χ0) is 13.1. The lowest BCUT2D eigenvalue weighted by Gasteiger charge is -2.17. The van der Waals surface area contributed by atoms with Gasteiger partial charge in [0.25, 0.3) is 0 Å². The maximum Gasteiger partial charge on any atom is 0.310 e. The van der Waals surface area contributed by atoms with Crippen LogP contribution in [0.25, 0.3) is 0 Å². The van der Waals surface area contributed by atoms with Gasteiger partial charge in [-0.25, -0.2) is 0 Å². The second kappa shape index (κ2) is 5.08. The number of hydrogen-bond donors (Lipinski definition) is 1. The summed E-state index contributed by atoms with van der Waals surface area (Å²) in [5.74, 6) is -0.715. The fraction of sp³-hybridized carbons (Fsp3) is 0.385. The lowest BCUT2D eigenvalue weighted by Crippen LogP contribution is -2.26. The molecule has 96 valence electrons. The van der Waals surface area contributed by atoms with Crippen molar-refractivity contribution in [3.63, 3.8) is 0 Å². The third-order valence-corrected chi connectivity index (χ3v) is 3.17. The molecule has 2 rings (SSSR count). The Morgan fingerprint density at radius 3 is 2.89 bits per heavy atom. The molecule has 1 heterocycles. The Kier molecular flexibility index (Phi) is 3.50. The maximum absolute atomic E-state index is 11.8. The Labute approximate surface area is 106 Å². The zero-order valence-corrected chi connectivity index (χ0v) is 10.3. The molecule has 1 fully saturated rings. The Morgan fingerprint density at radius 2 is 2.22 bits per heavy atom. The van der Waals surface area contributed by atoms with Crippen molar-refractivity contribution < 1.29 is 14.3 Å². The summed E-state index contributed by atoms with van der Waals surface area (Å²) in [4.78, 5) is 24.8. The van der Waals surface area contributed by atoms with Crippen LogP contribution in [-0.2, 0) is 20.9 Å². The first kappa shape index (κ1) is 12.4. The molecule has 5 nitrogen and oxygen atoms in total. The smallest absolute Gasteiger partial charge is 0.310 e. The number of methoxy groups -OCH3 is 1. The summed E-state index contributed by atoms with van der Waals surface area (Å²) in [6.07, 6.45) is 0.222. The lowest BCUT2D eigenvalue weighted by molar-refractivity contribution is -0.145. The number of carbonyl (C=O) groups is 2. The number of nitrogens with zero attached hydrogens (tertiary/aromatic N) is 1. The van der Waals surface area contributed by atoms with Crippen molar-refractivity contribution >= 4 is 17.6 Å². The van der Waals surface area contributed by atoms with E-state index in [0.29, 0.717) is 18.8 Å². The first-order chi connectivity index (χ1) is 8.61. The van der Waals surface area contributed by atoms with Gasteiger partial charge in [0.2, 0.25) is 5.91 Å².